The maximum atomic E-state index is 2.32. The van der Waals surface area contributed by atoms with Crippen LogP contribution in [0.5, 0.6) is 0 Å². The van der Waals surface area contributed by atoms with Gasteiger partial charge in [-0.05, 0) is 16.7 Å². The van der Waals surface area contributed by atoms with Crippen molar-refractivity contribution in [2.45, 2.75) is 37.6 Å². The van der Waals surface area contributed by atoms with Crippen LogP contribution in [-0.4, -0.2) is 9.52 Å². The Hall–Kier alpha value is -1.60. The van der Waals surface area contributed by atoms with Gasteiger partial charge in [0.25, 0.3) is 0 Å². The van der Waals surface area contributed by atoms with Gasteiger partial charge in [-0.3, -0.25) is 0 Å². The minimum atomic E-state index is 0.949. The van der Waals surface area contributed by atoms with Crippen molar-refractivity contribution in [3.05, 3.63) is 65.7 Å². The first-order valence-corrected chi connectivity index (χ1v) is 9.08. The van der Waals surface area contributed by atoms with E-state index in [1.807, 2.05) is 0 Å². The van der Waals surface area contributed by atoms with E-state index in [4.69, 9.17) is 0 Å². The van der Waals surface area contributed by atoms with Crippen molar-refractivity contribution in [2.75, 3.05) is 0 Å². The SMILES string of the molecule is C(=C\c1ccc([Si]C2CCCCC2)cc1)/c1ccccc1. The predicted molar refractivity (Wildman–Crippen MR) is 94.0 cm³/mol. The molecule has 0 spiro atoms. The van der Waals surface area contributed by atoms with E-state index in [0.29, 0.717) is 0 Å². The van der Waals surface area contributed by atoms with Crippen LogP contribution in [0.15, 0.2) is 54.6 Å². The molecule has 1 heteroatoms. The van der Waals surface area contributed by atoms with E-state index in [2.05, 4.69) is 66.7 Å². The summed E-state index contributed by atoms with van der Waals surface area (Å²) in [5, 5.41) is 1.53. The quantitative estimate of drug-likeness (QED) is 0.553. The monoisotopic (exact) mass is 290 g/mol. The van der Waals surface area contributed by atoms with Crippen molar-refractivity contribution < 1.29 is 0 Å². The molecule has 0 aliphatic heterocycles. The average Bonchev–Trinajstić information content (AvgIpc) is 2.56. The van der Waals surface area contributed by atoms with Crippen LogP contribution in [0.3, 0.4) is 0 Å². The van der Waals surface area contributed by atoms with Crippen LogP contribution >= 0.6 is 0 Å². The summed E-state index contributed by atoms with van der Waals surface area (Å²) in [6.07, 6.45) is 11.6. The second-order valence-electron chi connectivity index (χ2n) is 5.85. The summed E-state index contributed by atoms with van der Waals surface area (Å²) in [6, 6.07) is 19.6. The number of hydrogen-bond acceptors (Lipinski definition) is 0. The van der Waals surface area contributed by atoms with E-state index in [0.717, 1.165) is 15.1 Å². The maximum Gasteiger partial charge on any atom is 0.0842 e. The zero-order valence-corrected chi connectivity index (χ0v) is 13.5. The molecule has 2 aromatic rings. The fraction of sp³-hybridized carbons (Fsp3) is 0.300. The van der Waals surface area contributed by atoms with Crippen LogP contribution in [-0.2, 0) is 0 Å². The molecule has 0 aromatic heterocycles. The number of hydrogen-bond donors (Lipinski definition) is 0. The van der Waals surface area contributed by atoms with Gasteiger partial charge in [0.05, 0.1) is 9.52 Å². The van der Waals surface area contributed by atoms with E-state index >= 15 is 0 Å². The first-order chi connectivity index (χ1) is 10.4. The molecule has 106 valence electrons. The molecule has 1 fully saturated rings. The molecule has 0 atom stereocenters. The third kappa shape index (κ3) is 4.43. The van der Waals surface area contributed by atoms with Crippen molar-refractivity contribution in [1.29, 1.82) is 0 Å². The Labute approximate surface area is 130 Å². The molecule has 0 nitrogen and oxygen atoms in total. The summed E-state index contributed by atoms with van der Waals surface area (Å²) in [6.45, 7) is 0. The summed E-state index contributed by atoms with van der Waals surface area (Å²) in [7, 11) is 1.00. The summed E-state index contributed by atoms with van der Waals surface area (Å²) in [5.74, 6) is 0. The molecule has 0 heterocycles. The Morgan fingerprint density at radius 1 is 0.714 bits per heavy atom. The van der Waals surface area contributed by atoms with E-state index < -0.39 is 0 Å². The second kappa shape index (κ2) is 7.42. The van der Waals surface area contributed by atoms with Gasteiger partial charge in [0, 0.05) is 0 Å². The van der Waals surface area contributed by atoms with Crippen LogP contribution in [0.25, 0.3) is 12.2 Å². The topological polar surface area (TPSA) is 0 Å². The fourth-order valence-corrected chi connectivity index (χ4v) is 4.46. The Kier molecular flexibility index (Phi) is 5.07. The highest BCUT2D eigenvalue weighted by atomic mass is 28.2. The zero-order valence-electron chi connectivity index (χ0n) is 12.5. The van der Waals surface area contributed by atoms with E-state index in [1.165, 1.54) is 48.4 Å². The van der Waals surface area contributed by atoms with Gasteiger partial charge in [0.1, 0.15) is 0 Å². The van der Waals surface area contributed by atoms with Gasteiger partial charge in [-0.2, -0.15) is 0 Å². The molecule has 21 heavy (non-hydrogen) atoms. The molecule has 0 bridgehead atoms. The van der Waals surface area contributed by atoms with Gasteiger partial charge < -0.3 is 0 Å². The Bertz CT molecular complexity index is 563. The van der Waals surface area contributed by atoms with Crippen LogP contribution in [0.1, 0.15) is 43.2 Å². The van der Waals surface area contributed by atoms with Crippen LogP contribution in [0.2, 0.25) is 5.54 Å². The molecule has 1 saturated carbocycles. The molecule has 1 aliphatic rings. The highest BCUT2D eigenvalue weighted by Crippen LogP contribution is 2.27. The Balaban J connectivity index is 1.60. The molecule has 0 unspecified atom stereocenters. The zero-order chi connectivity index (χ0) is 14.3. The molecule has 0 saturated heterocycles. The van der Waals surface area contributed by atoms with Crippen molar-refractivity contribution in [1.82, 2.24) is 0 Å². The van der Waals surface area contributed by atoms with E-state index in [-0.39, 0.29) is 0 Å². The lowest BCUT2D eigenvalue weighted by molar-refractivity contribution is 0.502. The minimum Gasteiger partial charge on any atom is -0.0639 e. The lowest BCUT2D eigenvalue weighted by Crippen LogP contribution is -2.21. The molecule has 2 radical (unpaired) electrons. The molecular formula is C20H22Si. The first kappa shape index (κ1) is 14.3. The lowest BCUT2D eigenvalue weighted by atomic mass is 10.0. The van der Waals surface area contributed by atoms with Gasteiger partial charge in [0.15, 0.2) is 0 Å². The van der Waals surface area contributed by atoms with Crippen molar-refractivity contribution in [3.63, 3.8) is 0 Å². The fourth-order valence-electron chi connectivity index (χ4n) is 2.93. The first-order valence-electron chi connectivity index (χ1n) is 8.00. The second-order valence-corrected chi connectivity index (χ2v) is 7.53. The highest BCUT2D eigenvalue weighted by molar-refractivity contribution is 6.55. The van der Waals surface area contributed by atoms with Gasteiger partial charge in [-0.25, -0.2) is 0 Å². The van der Waals surface area contributed by atoms with E-state index in [9.17, 15) is 0 Å². The highest BCUT2D eigenvalue weighted by Gasteiger charge is 2.14. The smallest absolute Gasteiger partial charge is 0.0639 e. The number of benzene rings is 2. The lowest BCUT2D eigenvalue weighted by Gasteiger charge is -2.20. The molecule has 0 N–H and O–H groups in total. The van der Waals surface area contributed by atoms with Crippen LogP contribution < -0.4 is 5.19 Å². The molecule has 3 rings (SSSR count). The van der Waals surface area contributed by atoms with Gasteiger partial charge in [-0.1, -0.05) is 104 Å². The normalized spacial score (nSPS) is 16.4. The van der Waals surface area contributed by atoms with Crippen LogP contribution in [0, 0.1) is 0 Å². The third-order valence-electron chi connectivity index (χ3n) is 4.15. The largest absolute Gasteiger partial charge is 0.0842 e. The Morgan fingerprint density at radius 3 is 2.00 bits per heavy atom. The molecule has 2 aromatic carbocycles. The van der Waals surface area contributed by atoms with E-state index in [1.54, 1.807) is 0 Å². The third-order valence-corrected chi connectivity index (χ3v) is 5.81. The summed E-state index contributed by atoms with van der Waals surface area (Å²) < 4.78 is 0. The maximum absolute atomic E-state index is 2.32. The van der Waals surface area contributed by atoms with Crippen molar-refractivity contribution in [3.8, 4) is 0 Å². The van der Waals surface area contributed by atoms with Crippen LogP contribution in [0.4, 0.5) is 0 Å². The predicted octanol–water partition coefficient (Wildman–Crippen LogP) is 4.94. The minimum absolute atomic E-state index is 0.949. The number of rotatable bonds is 4. The molecule has 1 aliphatic carbocycles. The van der Waals surface area contributed by atoms with Gasteiger partial charge in [0.2, 0.25) is 0 Å². The standard InChI is InChI=1S/C20H22Si/c1-3-7-17(8-4-1)11-12-18-13-15-20(16-14-18)21-19-9-5-2-6-10-19/h1,3-4,7-8,11-16,19H,2,5-6,9-10H2/b12-11+. The summed E-state index contributed by atoms with van der Waals surface area (Å²) in [4.78, 5) is 0. The van der Waals surface area contributed by atoms with Gasteiger partial charge >= 0.3 is 0 Å². The van der Waals surface area contributed by atoms with Gasteiger partial charge in [-0.15, -0.1) is 0 Å². The Morgan fingerprint density at radius 2 is 1.33 bits per heavy atom. The molecular weight excluding hydrogens is 268 g/mol. The molecule has 0 amide bonds. The van der Waals surface area contributed by atoms with Crippen molar-refractivity contribution in [2.24, 2.45) is 0 Å². The average molecular weight is 290 g/mol. The van der Waals surface area contributed by atoms with Crippen molar-refractivity contribution >= 4 is 26.9 Å². The summed E-state index contributed by atoms with van der Waals surface area (Å²) >= 11 is 0. The summed E-state index contributed by atoms with van der Waals surface area (Å²) in [5.41, 5.74) is 3.49.